The minimum absolute atomic E-state index is 0.987. The first kappa shape index (κ1) is 13.2. The van der Waals surface area contributed by atoms with Crippen LogP contribution < -0.4 is 5.32 Å². The van der Waals surface area contributed by atoms with Crippen LogP contribution in [0, 0.1) is 13.8 Å². The van der Waals surface area contributed by atoms with Crippen molar-refractivity contribution in [3.8, 4) is 0 Å². The van der Waals surface area contributed by atoms with Crippen LogP contribution in [0.25, 0.3) is 0 Å². The summed E-state index contributed by atoms with van der Waals surface area (Å²) in [6.07, 6.45) is 1.21. The second-order valence-corrected chi connectivity index (χ2v) is 4.76. The Hall–Kier alpha value is -0.860. The third-order valence-electron chi connectivity index (χ3n) is 2.78. The van der Waals surface area contributed by atoms with Crippen molar-refractivity contribution in [2.24, 2.45) is 0 Å². The zero-order chi connectivity index (χ0) is 12.0. The van der Waals surface area contributed by atoms with Gasteiger partial charge in [-0.25, -0.2) is 0 Å². The molecule has 0 fully saturated rings. The molecule has 0 heterocycles. The minimum Gasteiger partial charge on any atom is -0.313 e. The molecule has 0 bridgehead atoms. The molecule has 0 radical (unpaired) electrons. The van der Waals surface area contributed by atoms with E-state index in [1.165, 1.54) is 23.1 Å². The lowest BCUT2D eigenvalue weighted by atomic mass is 10.1. The fourth-order valence-electron chi connectivity index (χ4n) is 1.73. The fraction of sp³-hybridized carbons (Fsp3) is 0.571. The van der Waals surface area contributed by atoms with Crippen LogP contribution in [0.4, 0.5) is 0 Å². The summed E-state index contributed by atoms with van der Waals surface area (Å²) in [5, 5.41) is 3.50. The molecule has 2 heteroatoms. The Kier molecular flexibility index (Phi) is 5.50. The smallest absolute Gasteiger partial charge is 0.0208 e. The molecule has 1 aromatic rings. The third kappa shape index (κ3) is 4.77. The van der Waals surface area contributed by atoms with E-state index in [2.05, 4.69) is 56.4 Å². The van der Waals surface area contributed by atoms with Gasteiger partial charge in [-0.2, -0.15) is 0 Å². The molecule has 0 unspecified atom stereocenters. The number of hydrogen-bond donors (Lipinski definition) is 1. The molecule has 1 aromatic carbocycles. The quantitative estimate of drug-likeness (QED) is 0.740. The van der Waals surface area contributed by atoms with Gasteiger partial charge in [-0.15, -0.1) is 0 Å². The van der Waals surface area contributed by atoms with E-state index >= 15 is 0 Å². The van der Waals surface area contributed by atoms with Crippen LogP contribution in [-0.4, -0.2) is 32.1 Å². The predicted molar refractivity (Wildman–Crippen MR) is 70.8 cm³/mol. The highest BCUT2D eigenvalue weighted by molar-refractivity contribution is 5.30. The van der Waals surface area contributed by atoms with Crippen LogP contribution in [-0.2, 0) is 6.54 Å². The second kappa shape index (κ2) is 6.66. The summed E-state index contributed by atoms with van der Waals surface area (Å²) in [5.41, 5.74) is 4.14. The van der Waals surface area contributed by atoms with E-state index in [9.17, 15) is 0 Å². The van der Waals surface area contributed by atoms with Gasteiger partial charge < -0.3 is 10.2 Å². The van der Waals surface area contributed by atoms with Gasteiger partial charge in [0, 0.05) is 6.54 Å². The van der Waals surface area contributed by atoms with E-state index in [-0.39, 0.29) is 0 Å². The normalized spacial score (nSPS) is 11.1. The highest BCUT2D eigenvalue weighted by Crippen LogP contribution is 2.09. The SMILES string of the molecule is Cc1ccc(C)c(CNCCCN(C)C)c1. The molecule has 16 heavy (non-hydrogen) atoms. The molecule has 0 aromatic heterocycles. The van der Waals surface area contributed by atoms with Gasteiger partial charge >= 0.3 is 0 Å². The zero-order valence-electron chi connectivity index (χ0n) is 11.0. The first-order valence-corrected chi connectivity index (χ1v) is 6.01. The summed E-state index contributed by atoms with van der Waals surface area (Å²) in [4.78, 5) is 2.22. The van der Waals surface area contributed by atoms with E-state index in [4.69, 9.17) is 0 Å². The molecular weight excluding hydrogens is 196 g/mol. The van der Waals surface area contributed by atoms with E-state index in [1.54, 1.807) is 0 Å². The lowest BCUT2D eigenvalue weighted by Crippen LogP contribution is -2.21. The maximum atomic E-state index is 3.50. The summed E-state index contributed by atoms with van der Waals surface area (Å²) in [5.74, 6) is 0. The third-order valence-corrected chi connectivity index (χ3v) is 2.78. The number of aryl methyl sites for hydroxylation is 2. The van der Waals surface area contributed by atoms with Crippen molar-refractivity contribution in [2.75, 3.05) is 27.2 Å². The number of nitrogens with one attached hydrogen (secondary N) is 1. The topological polar surface area (TPSA) is 15.3 Å². The van der Waals surface area contributed by atoms with Gasteiger partial charge in [0.2, 0.25) is 0 Å². The highest BCUT2D eigenvalue weighted by atomic mass is 15.0. The van der Waals surface area contributed by atoms with Crippen molar-refractivity contribution in [1.29, 1.82) is 0 Å². The molecule has 0 aliphatic rings. The van der Waals surface area contributed by atoms with Crippen molar-refractivity contribution in [3.63, 3.8) is 0 Å². The van der Waals surface area contributed by atoms with Gasteiger partial charge in [0.15, 0.2) is 0 Å². The van der Waals surface area contributed by atoms with Gasteiger partial charge in [-0.3, -0.25) is 0 Å². The van der Waals surface area contributed by atoms with Crippen LogP contribution in [0.2, 0.25) is 0 Å². The summed E-state index contributed by atoms with van der Waals surface area (Å²) in [6.45, 7) is 7.55. The van der Waals surface area contributed by atoms with E-state index in [0.29, 0.717) is 0 Å². The molecule has 0 spiro atoms. The molecular formula is C14H24N2. The van der Waals surface area contributed by atoms with E-state index < -0.39 is 0 Å². The molecule has 0 aliphatic carbocycles. The van der Waals surface area contributed by atoms with Gasteiger partial charge in [0.05, 0.1) is 0 Å². The fourth-order valence-corrected chi connectivity index (χ4v) is 1.73. The van der Waals surface area contributed by atoms with E-state index in [0.717, 1.165) is 19.6 Å². The summed E-state index contributed by atoms with van der Waals surface area (Å²) < 4.78 is 0. The zero-order valence-corrected chi connectivity index (χ0v) is 11.0. The van der Waals surface area contributed by atoms with Crippen LogP contribution >= 0.6 is 0 Å². The highest BCUT2D eigenvalue weighted by Gasteiger charge is 1.98. The van der Waals surface area contributed by atoms with Gasteiger partial charge in [0.25, 0.3) is 0 Å². The van der Waals surface area contributed by atoms with Gasteiger partial charge in [-0.05, 0) is 58.6 Å². The van der Waals surface area contributed by atoms with Crippen LogP contribution in [0.3, 0.4) is 0 Å². The molecule has 0 atom stereocenters. The Morgan fingerprint density at radius 1 is 1.19 bits per heavy atom. The maximum Gasteiger partial charge on any atom is 0.0208 e. The number of hydrogen-bond acceptors (Lipinski definition) is 2. The Labute approximate surface area is 99.7 Å². The van der Waals surface area contributed by atoms with Crippen molar-refractivity contribution in [2.45, 2.75) is 26.8 Å². The molecule has 90 valence electrons. The number of nitrogens with zero attached hydrogens (tertiary/aromatic N) is 1. The Morgan fingerprint density at radius 3 is 2.62 bits per heavy atom. The van der Waals surface area contributed by atoms with Crippen LogP contribution in [0.1, 0.15) is 23.1 Å². The van der Waals surface area contributed by atoms with Crippen molar-refractivity contribution in [3.05, 3.63) is 34.9 Å². The average Bonchev–Trinajstić information content (AvgIpc) is 2.22. The van der Waals surface area contributed by atoms with Crippen molar-refractivity contribution < 1.29 is 0 Å². The van der Waals surface area contributed by atoms with Crippen LogP contribution in [0.5, 0.6) is 0 Å². The summed E-state index contributed by atoms with van der Waals surface area (Å²) >= 11 is 0. The molecule has 1 N–H and O–H groups in total. The monoisotopic (exact) mass is 220 g/mol. The Morgan fingerprint density at radius 2 is 1.94 bits per heavy atom. The summed E-state index contributed by atoms with van der Waals surface area (Å²) in [6, 6.07) is 6.64. The first-order chi connectivity index (χ1) is 7.59. The van der Waals surface area contributed by atoms with E-state index in [1.807, 2.05) is 0 Å². The minimum atomic E-state index is 0.987. The Balaban J connectivity index is 2.29. The molecule has 2 nitrogen and oxygen atoms in total. The number of rotatable bonds is 6. The van der Waals surface area contributed by atoms with Crippen LogP contribution in [0.15, 0.2) is 18.2 Å². The van der Waals surface area contributed by atoms with Crippen molar-refractivity contribution in [1.82, 2.24) is 10.2 Å². The maximum absolute atomic E-state index is 3.50. The lowest BCUT2D eigenvalue weighted by Gasteiger charge is -2.11. The first-order valence-electron chi connectivity index (χ1n) is 6.01. The number of benzene rings is 1. The summed E-state index contributed by atoms with van der Waals surface area (Å²) in [7, 11) is 4.23. The lowest BCUT2D eigenvalue weighted by molar-refractivity contribution is 0.394. The Bertz CT molecular complexity index is 319. The standard InChI is InChI=1S/C14H24N2/c1-12-6-7-13(2)14(10-12)11-15-8-5-9-16(3)4/h6-7,10,15H,5,8-9,11H2,1-4H3. The largest absolute Gasteiger partial charge is 0.313 e. The molecule has 0 aliphatic heterocycles. The van der Waals surface area contributed by atoms with Gasteiger partial charge in [0.1, 0.15) is 0 Å². The second-order valence-electron chi connectivity index (χ2n) is 4.76. The van der Waals surface area contributed by atoms with Crippen molar-refractivity contribution >= 4 is 0 Å². The molecule has 1 rings (SSSR count). The molecule has 0 saturated carbocycles. The average molecular weight is 220 g/mol. The predicted octanol–water partition coefficient (Wildman–Crippen LogP) is 2.34. The van der Waals surface area contributed by atoms with Gasteiger partial charge in [-0.1, -0.05) is 23.8 Å². The molecule has 0 saturated heterocycles. The molecule has 0 amide bonds.